The Morgan fingerprint density at radius 2 is 2.04 bits per heavy atom. The molecule has 0 aliphatic carbocycles. The van der Waals surface area contributed by atoms with Gasteiger partial charge in [-0.1, -0.05) is 0 Å². The highest BCUT2D eigenvalue weighted by Gasteiger charge is 2.19. The average molecular weight is 339 g/mol. The quantitative estimate of drug-likeness (QED) is 0.703. The zero-order valence-electron chi connectivity index (χ0n) is 13.2. The molecule has 0 radical (unpaired) electrons. The van der Waals surface area contributed by atoms with Crippen LogP contribution in [0.3, 0.4) is 0 Å². The van der Waals surface area contributed by atoms with E-state index >= 15 is 0 Å². The topological polar surface area (TPSA) is 82.5 Å². The zero-order chi connectivity index (χ0) is 16.7. The van der Waals surface area contributed by atoms with Crippen LogP contribution in [0.15, 0.2) is 41.8 Å². The molecule has 23 heavy (non-hydrogen) atoms. The number of aromatic nitrogens is 2. The Labute approximate surface area is 136 Å². The van der Waals surface area contributed by atoms with Crippen molar-refractivity contribution in [1.82, 2.24) is 14.3 Å². The van der Waals surface area contributed by atoms with E-state index in [2.05, 4.69) is 9.71 Å². The summed E-state index contributed by atoms with van der Waals surface area (Å²) < 4.78 is 39.6. The molecule has 2 rings (SSSR count). The van der Waals surface area contributed by atoms with Crippen molar-refractivity contribution in [2.75, 3.05) is 20.8 Å². The maximum absolute atomic E-state index is 12.4. The first kappa shape index (κ1) is 17.3. The number of methoxy groups -OCH3 is 2. The van der Waals surface area contributed by atoms with Crippen LogP contribution in [0.1, 0.15) is 12.8 Å². The second-order valence-electron chi connectivity index (χ2n) is 4.92. The predicted molar refractivity (Wildman–Crippen MR) is 86.2 cm³/mol. The molecule has 0 bridgehead atoms. The highest BCUT2D eigenvalue weighted by atomic mass is 32.2. The first-order valence-corrected chi connectivity index (χ1v) is 8.72. The van der Waals surface area contributed by atoms with Crippen molar-refractivity contribution in [2.45, 2.75) is 24.3 Å². The molecule has 1 aromatic carbocycles. The molecule has 1 heterocycles. The minimum atomic E-state index is -3.64. The van der Waals surface area contributed by atoms with Gasteiger partial charge in [0.05, 0.1) is 20.5 Å². The van der Waals surface area contributed by atoms with Gasteiger partial charge in [0.1, 0.15) is 16.4 Å². The van der Waals surface area contributed by atoms with Crippen molar-refractivity contribution >= 4 is 10.0 Å². The SMILES string of the molecule is COc1ccc(OC)c(S(=O)(=O)NCCCCn2ccnc2)c1. The lowest BCUT2D eigenvalue weighted by Crippen LogP contribution is -2.25. The first-order valence-electron chi connectivity index (χ1n) is 7.24. The largest absolute Gasteiger partial charge is 0.497 e. The van der Waals surface area contributed by atoms with Gasteiger partial charge in [0.2, 0.25) is 10.0 Å². The van der Waals surface area contributed by atoms with Crippen LogP contribution in [0.2, 0.25) is 0 Å². The molecule has 0 unspecified atom stereocenters. The third-order valence-electron chi connectivity index (χ3n) is 3.35. The van der Waals surface area contributed by atoms with Crippen molar-refractivity contribution in [1.29, 1.82) is 0 Å². The normalized spacial score (nSPS) is 11.4. The lowest BCUT2D eigenvalue weighted by molar-refractivity contribution is 0.392. The third-order valence-corrected chi connectivity index (χ3v) is 4.84. The van der Waals surface area contributed by atoms with Gasteiger partial charge in [-0.2, -0.15) is 0 Å². The third kappa shape index (κ3) is 4.70. The molecule has 1 aromatic heterocycles. The van der Waals surface area contributed by atoms with E-state index in [0.717, 1.165) is 19.4 Å². The number of sulfonamides is 1. The molecule has 0 atom stereocenters. The molecule has 0 spiro atoms. The molecule has 1 N–H and O–H groups in total. The van der Waals surface area contributed by atoms with Gasteiger partial charge >= 0.3 is 0 Å². The van der Waals surface area contributed by atoms with Gasteiger partial charge in [-0.15, -0.1) is 0 Å². The van der Waals surface area contributed by atoms with Gasteiger partial charge in [0.15, 0.2) is 0 Å². The van der Waals surface area contributed by atoms with E-state index in [1.807, 2.05) is 10.8 Å². The van der Waals surface area contributed by atoms with Crippen LogP contribution < -0.4 is 14.2 Å². The number of hydrogen-bond acceptors (Lipinski definition) is 5. The molecule has 0 amide bonds. The maximum atomic E-state index is 12.4. The molecule has 2 aromatic rings. The van der Waals surface area contributed by atoms with Crippen LogP contribution in [0.4, 0.5) is 0 Å². The number of benzene rings is 1. The highest BCUT2D eigenvalue weighted by Crippen LogP contribution is 2.27. The standard InChI is InChI=1S/C15H21N3O4S/c1-21-13-5-6-14(22-2)15(11-13)23(19,20)17-7-3-4-9-18-10-8-16-12-18/h5-6,8,10-12,17H,3-4,7,9H2,1-2H3. The summed E-state index contributed by atoms with van der Waals surface area (Å²) in [7, 11) is -0.720. The summed E-state index contributed by atoms with van der Waals surface area (Å²) in [4.78, 5) is 4.04. The number of nitrogens with one attached hydrogen (secondary N) is 1. The highest BCUT2D eigenvalue weighted by molar-refractivity contribution is 7.89. The van der Waals surface area contributed by atoms with E-state index in [4.69, 9.17) is 9.47 Å². The number of imidazole rings is 1. The van der Waals surface area contributed by atoms with Gasteiger partial charge in [0.25, 0.3) is 0 Å². The second kappa shape index (κ2) is 7.98. The maximum Gasteiger partial charge on any atom is 0.244 e. The van der Waals surface area contributed by atoms with Gasteiger partial charge in [-0.05, 0) is 25.0 Å². The Balaban J connectivity index is 1.93. The van der Waals surface area contributed by atoms with Crippen LogP contribution in [-0.4, -0.2) is 38.7 Å². The minimum absolute atomic E-state index is 0.0777. The van der Waals surface area contributed by atoms with E-state index in [1.165, 1.54) is 20.3 Å². The smallest absolute Gasteiger partial charge is 0.244 e. The van der Waals surface area contributed by atoms with Crippen LogP contribution >= 0.6 is 0 Å². The van der Waals surface area contributed by atoms with Gasteiger partial charge in [0, 0.05) is 31.5 Å². The van der Waals surface area contributed by atoms with Crippen molar-refractivity contribution in [3.63, 3.8) is 0 Å². The van der Waals surface area contributed by atoms with Crippen molar-refractivity contribution in [2.24, 2.45) is 0 Å². The molecule has 0 aliphatic rings. The molecule has 0 fully saturated rings. The predicted octanol–water partition coefficient (Wildman–Crippen LogP) is 1.66. The Morgan fingerprint density at radius 3 is 2.70 bits per heavy atom. The molecule has 0 aliphatic heterocycles. The van der Waals surface area contributed by atoms with Crippen LogP contribution in [0, 0.1) is 0 Å². The monoisotopic (exact) mass is 339 g/mol. The fraction of sp³-hybridized carbons (Fsp3) is 0.400. The number of ether oxygens (including phenoxy) is 2. The Hall–Kier alpha value is -2.06. The number of hydrogen-bond donors (Lipinski definition) is 1. The summed E-state index contributed by atoms with van der Waals surface area (Å²) in [6.07, 6.45) is 6.92. The molecule has 8 heteroatoms. The van der Waals surface area contributed by atoms with E-state index in [9.17, 15) is 8.42 Å². The van der Waals surface area contributed by atoms with E-state index < -0.39 is 10.0 Å². The first-order chi connectivity index (χ1) is 11.1. The number of nitrogens with zero attached hydrogens (tertiary/aromatic N) is 2. The van der Waals surface area contributed by atoms with Crippen molar-refractivity contribution in [3.8, 4) is 11.5 Å². The lowest BCUT2D eigenvalue weighted by Gasteiger charge is -2.12. The van der Waals surface area contributed by atoms with Crippen LogP contribution in [-0.2, 0) is 16.6 Å². The van der Waals surface area contributed by atoms with Crippen LogP contribution in [0.25, 0.3) is 0 Å². The van der Waals surface area contributed by atoms with Crippen molar-refractivity contribution < 1.29 is 17.9 Å². The molecule has 0 saturated carbocycles. The minimum Gasteiger partial charge on any atom is -0.497 e. The van der Waals surface area contributed by atoms with Crippen LogP contribution in [0.5, 0.6) is 11.5 Å². The molecule has 0 saturated heterocycles. The molecule has 7 nitrogen and oxygen atoms in total. The van der Waals surface area contributed by atoms with E-state index in [0.29, 0.717) is 12.3 Å². The summed E-state index contributed by atoms with van der Waals surface area (Å²) >= 11 is 0. The van der Waals surface area contributed by atoms with E-state index in [-0.39, 0.29) is 10.6 Å². The summed E-state index contributed by atoms with van der Waals surface area (Å²) in [6.45, 7) is 1.17. The summed E-state index contributed by atoms with van der Waals surface area (Å²) in [5.74, 6) is 0.753. The second-order valence-corrected chi connectivity index (χ2v) is 6.66. The fourth-order valence-electron chi connectivity index (χ4n) is 2.12. The zero-order valence-corrected chi connectivity index (χ0v) is 14.0. The molecular weight excluding hydrogens is 318 g/mol. The number of rotatable bonds is 9. The van der Waals surface area contributed by atoms with E-state index in [1.54, 1.807) is 24.7 Å². The fourth-order valence-corrected chi connectivity index (χ4v) is 3.37. The molecule has 126 valence electrons. The van der Waals surface area contributed by atoms with Crippen molar-refractivity contribution in [3.05, 3.63) is 36.9 Å². The molecular formula is C15H21N3O4S. The summed E-state index contributed by atoms with van der Waals surface area (Å²) in [6, 6.07) is 4.68. The lowest BCUT2D eigenvalue weighted by atomic mass is 10.3. The Kier molecular flexibility index (Phi) is 6.00. The number of aryl methyl sites for hydroxylation is 1. The Morgan fingerprint density at radius 1 is 1.22 bits per heavy atom. The van der Waals surface area contributed by atoms with Gasteiger partial charge < -0.3 is 14.0 Å². The summed E-state index contributed by atoms with van der Waals surface area (Å²) in [5.41, 5.74) is 0. The average Bonchev–Trinajstić information content (AvgIpc) is 3.07. The number of unbranched alkanes of at least 4 members (excludes halogenated alkanes) is 1. The van der Waals surface area contributed by atoms with Gasteiger partial charge in [-0.25, -0.2) is 18.1 Å². The Bertz CT molecular complexity index is 714. The van der Waals surface area contributed by atoms with Gasteiger partial charge in [-0.3, -0.25) is 0 Å². The summed E-state index contributed by atoms with van der Waals surface area (Å²) in [5, 5.41) is 0.